The van der Waals surface area contributed by atoms with Crippen LogP contribution in [0.1, 0.15) is 46.5 Å². The number of Topliss-reactive ketones (excluding diaryl/α,β-unsaturated/α-hetero) is 1. The minimum absolute atomic E-state index is 0.0184. The molecule has 4 nitrogen and oxygen atoms in total. The van der Waals surface area contributed by atoms with Gasteiger partial charge in [-0.3, -0.25) is 9.59 Å². The van der Waals surface area contributed by atoms with Crippen molar-refractivity contribution in [3.8, 4) is 0 Å². The van der Waals surface area contributed by atoms with E-state index in [-0.39, 0.29) is 42.6 Å². The maximum atomic E-state index is 13.0. The second-order valence-corrected chi connectivity index (χ2v) is 14.7. The molecule has 0 saturated heterocycles. The van der Waals surface area contributed by atoms with Crippen molar-refractivity contribution < 1.29 is 19.8 Å². The van der Waals surface area contributed by atoms with Gasteiger partial charge >= 0.3 is 0 Å². The van der Waals surface area contributed by atoms with Gasteiger partial charge in [-0.2, -0.15) is 0 Å². The van der Waals surface area contributed by atoms with E-state index in [2.05, 4.69) is 59.0 Å². The highest BCUT2D eigenvalue weighted by atomic mass is 127. The third-order valence-electron chi connectivity index (χ3n) is 8.57. The van der Waals surface area contributed by atoms with Crippen LogP contribution in [0.2, 0.25) is 0 Å². The van der Waals surface area contributed by atoms with E-state index in [9.17, 15) is 19.8 Å². The summed E-state index contributed by atoms with van der Waals surface area (Å²) < 4.78 is -0.282. The summed E-state index contributed by atoms with van der Waals surface area (Å²) in [4.78, 5) is 25.0. The fraction of sp³-hybridized carbons (Fsp3) is 0.727. The summed E-state index contributed by atoms with van der Waals surface area (Å²) >= 11 is 4.16. The molecule has 8 atom stereocenters. The summed E-state index contributed by atoms with van der Waals surface area (Å²) in [6, 6.07) is 0. The van der Waals surface area contributed by atoms with Crippen LogP contribution in [0.3, 0.4) is 0 Å². The van der Waals surface area contributed by atoms with Gasteiger partial charge in [-0.25, -0.2) is 0 Å². The Hall–Kier alpha value is 0.200. The van der Waals surface area contributed by atoms with Crippen LogP contribution in [0.25, 0.3) is 0 Å². The molecule has 0 heterocycles. The zero-order valence-corrected chi connectivity index (χ0v) is 20.8. The van der Waals surface area contributed by atoms with Gasteiger partial charge in [-0.15, -0.1) is 0 Å². The molecule has 2 N–H and O–H groups in total. The largest absolute Gasteiger partial charge is 0.393 e. The van der Waals surface area contributed by atoms with Crippen LogP contribution in [0, 0.1) is 34.5 Å². The van der Waals surface area contributed by atoms with E-state index in [1.807, 2.05) is 13.0 Å². The van der Waals surface area contributed by atoms with Gasteiger partial charge in [0, 0.05) is 16.7 Å². The van der Waals surface area contributed by atoms with Crippen LogP contribution in [0.15, 0.2) is 23.8 Å². The second kappa shape index (κ2) is 6.85. The average Bonchev–Trinajstić information content (AvgIpc) is 2.87. The fourth-order valence-corrected chi connectivity index (χ4v) is 8.37. The minimum Gasteiger partial charge on any atom is -0.393 e. The van der Waals surface area contributed by atoms with Gasteiger partial charge < -0.3 is 10.2 Å². The Morgan fingerprint density at radius 3 is 2.64 bits per heavy atom. The van der Waals surface area contributed by atoms with Crippen molar-refractivity contribution in [1.29, 1.82) is 0 Å². The number of allylic oxidation sites excluding steroid dienone is 4. The summed E-state index contributed by atoms with van der Waals surface area (Å²) in [6.07, 6.45) is 7.43. The molecule has 6 unspecified atom stereocenters. The number of carbonyl (C=O) groups is 2. The van der Waals surface area contributed by atoms with Crippen molar-refractivity contribution >= 4 is 56.7 Å². The normalized spacial score (nSPS) is 50.1. The molecule has 4 aliphatic carbocycles. The fourth-order valence-electron chi connectivity index (χ4n) is 7.34. The minimum atomic E-state index is -1.37. The van der Waals surface area contributed by atoms with E-state index in [1.54, 1.807) is 12.2 Å². The van der Waals surface area contributed by atoms with Crippen molar-refractivity contribution in [1.82, 2.24) is 0 Å². The highest BCUT2D eigenvalue weighted by Gasteiger charge is 2.68. The first-order valence-corrected chi connectivity index (χ1v) is 12.6. The number of carbonyl (C=O) groups excluding carboxylic acids is 2. The number of rotatable bonds is 2. The lowest BCUT2D eigenvalue weighted by Gasteiger charge is -2.60. The van der Waals surface area contributed by atoms with Gasteiger partial charge in [0.15, 0.2) is 11.6 Å². The van der Waals surface area contributed by atoms with Crippen molar-refractivity contribution in [2.45, 2.75) is 60.1 Å². The first kappa shape index (κ1) is 21.4. The summed E-state index contributed by atoms with van der Waals surface area (Å²) in [5, 5.41) is 22.9. The molecule has 0 spiro atoms. The molecule has 3 fully saturated rings. The lowest BCUT2D eigenvalue weighted by molar-refractivity contribution is -0.176. The Balaban J connectivity index is 1.77. The molecule has 0 radical (unpaired) electrons. The molecule has 154 valence electrons. The Bertz CT molecular complexity index is 789. The van der Waals surface area contributed by atoms with Crippen LogP contribution in [-0.4, -0.2) is 35.4 Å². The molecule has 4 aliphatic rings. The third-order valence-corrected chi connectivity index (χ3v) is 9.71. The Morgan fingerprint density at radius 2 is 2.00 bits per heavy atom. The van der Waals surface area contributed by atoms with Crippen LogP contribution in [0.5, 0.6) is 0 Å². The zero-order chi connectivity index (χ0) is 20.6. The molecule has 0 amide bonds. The van der Waals surface area contributed by atoms with Gasteiger partial charge in [-0.05, 0) is 55.6 Å². The molecule has 28 heavy (non-hydrogen) atoms. The van der Waals surface area contributed by atoms with Crippen LogP contribution in [-0.2, 0) is 9.59 Å². The lowest BCUT2D eigenvalue weighted by Crippen LogP contribution is -2.62. The Kier molecular flexibility index (Phi) is 5.25. The molecule has 0 bridgehead atoms. The highest BCUT2D eigenvalue weighted by Crippen LogP contribution is 2.68. The predicted molar refractivity (Wildman–Crippen MR) is 124 cm³/mol. The summed E-state index contributed by atoms with van der Waals surface area (Å²) in [5.74, 6) is 0.624. The first-order chi connectivity index (χ1) is 13.0. The number of hydrogen-bond donors (Lipinski definition) is 2. The smallest absolute Gasteiger partial charge is 0.187 e. The zero-order valence-electron chi connectivity index (χ0n) is 16.5. The summed E-state index contributed by atoms with van der Waals surface area (Å²) in [6.45, 7) is 6.35. The summed E-state index contributed by atoms with van der Waals surface area (Å²) in [7, 11) is 0. The number of hydrogen-bond acceptors (Lipinski definition) is 4. The molecule has 0 aliphatic heterocycles. The molecular weight excluding hydrogens is 582 g/mol. The molecule has 3 saturated carbocycles. The number of aliphatic hydroxyl groups is 2. The van der Waals surface area contributed by atoms with E-state index in [0.717, 1.165) is 18.4 Å². The molecule has 0 aromatic heterocycles. The third kappa shape index (κ3) is 2.72. The van der Waals surface area contributed by atoms with Crippen LogP contribution in [0.4, 0.5) is 0 Å². The number of aliphatic hydroxyl groups excluding tert-OH is 1. The number of halogens is 2. The predicted octanol–water partition coefficient (Wildman–Crippen LogP) is 4.01. The maximum absolute atomic E-state index is 13.0. The van der Waals surface area contributed by atoms with Gasteiger partial charge in [0.2, 0.25) is 0 Å². The van der Waals surface area contributed by atoms with Crippen LogP contribution >= 0.6 is 45.2 Å². The van der Waals surface area contributed by atoms with Gasteiger partial charge in [0.25, 0.3) is 0 Å². The molecule has 6 heteroatoms. The van der Waals surface area contributed by atoms with Crippen molar-refractivity contribution in [2.24, 2.45) is 34.5 Å². The topological polar surface area (TPSA) is 74.6 Å². The quantitative estimate of drug-likeness (QED) is 0.367. The second-order valence-electron chi connectivity index (χ2n) is 9.80. The highest BCUT2D eigenvalue weighted by molar-refractivity contribution is 14.2. The monoisotopic (exact) mass is 610 g/mol. The molecule has 0 aromatic rings. The Morgan fingerprint density at radius 1 is 1.32 bits per heavy atom. The van der Waals surface area contributed by atoms with E-state index in [4.69, 9.17) is 0 Å². The van der Waals surface area contributed by atoms with Crippen molar-refractivity contribution in [3.05, 3.63) is 23.8 Å². The van der Waals surface area contributed by atoms with E-state index in [0.29, 0.717) is 12.8 Å². The SMILES string of the molecule is C[C@H]1CC2C(C(O)CC3(C)C2CC[C@]3(O)C(=O)C(I)I)C2(C)C=CC(=O)C=C12. The lowest BCUT2D eigenvalue weighted by atomic mass is 9.45. The van der Waals surface area contributed by atoms with E-state index in [1.165, 1.54) is 0 Å². The van der Waals surface area contributed by atoms with E-state index >= 15 is 0 Å². The summed E-state index contributed by atoms with van der Waals surface area (Å²) in [5.41, 5.74) is -1.18. The van der Waals surface area contributed by atoms with Gasteiger partial charge in [0.05, 0.1) is 6.10 Å². The van der Waals surface area contributed by atoms with Crippen molar-refractivity contribution in [2.75, 3.05) is 0 Å². The van der Waals surface area contributed by atoms with Crippen LogP contribution < -0.4 is 0 Å². The first-order valence-electron chi connectivity index (χ1n) is 10.1. The van der Waals surface area contributed by atoms with Gasteiger partial charge in [-0.1, -0.05) is 77.6 Å². The molecule has 4 rings (SSSR count). The van der Waals surface area contributed by atoms with Gasteiger partial charge in [0.1, 0.15) is 7.53 Å². The molecular formula is C22H28I2O4. The number of ketones is 2. The number of alkyl halides is 2. The maximum Gasteiger partial charge on any atom is 0.187 e. The average molecular weight is 610 g/mol. The van der Waals surface area contributed by atoms with Crippen molar-refractivity contribution in [3.63, 3.8) is 0 Å². The molecule has 0 aromatic carbocycles. The number of fused-ring (bicyclic) bond motifs is 5. The standard InChI is InChI=1S/C22H28I2O4/c1-11-8-13-14-5-7-22(28,18(27)19(23)24)21(14,3)10-16(26)17(13)20(2)6-4-12(25)9-15(11)20/h4,6,9,11,13-14,16-17,19,26,28H,5,7-8,10H2,1-3H3/t11-,13?,14?,16?,17?,20?,21?,22-/m0/s1. The van der Waals surface area contributed by atoms with E-state index < -0.39 is 17.1 Å². The Labute approximate surface area is 193 Å².